The van der Waals surface area contributed by atoms with Crippen molar-refractivity contribution in [3.63, 3.8) is 0 Å². The van der Waals surface area contributed by atoms with E-state index in [9.17, 15) is 28.0 Å². The molecule has 0 radical (unpaired) electrons. The Labute approximate surface area is 354 Å². The molecular weight excluding hydrogens is 769 g/mol. The lowest BCUT2D eigenvalue weighted by atomic mass is 9.75. The fourth-order valence-corrected chi connectivity index (χ4v) is 7.12. The summed E-state index contributed by atoms with van der Waals surface area (Å²) in [6.45, 7) is 7.51. The van der Waals surface area contributed by atoms with E-state index < -0.39 is 35.3 Å². The molecule has 7 aromatic rings. The number of carbonyl (C=O) groups excluding carboxylic acids is 4. The van der Waals surface area contributed by atoms with E-state index in [1.165, 1.54) is 36.4 Å². The van der Waals surface area contributed by atoms with Crippen LogP contribution in [0.1, 0.15) is 71.5 Å². The first-order valence-electron chi connectivity index (χ1n) is 20.1. The molecule has 1 aromatic heterocycles. The Morgan fingerprint density at radius 1 is 0.541 bits per heavy atom. The van der Waals surface area contributed by atoms with Gasteiger partial charge in [0.25, 0.3) is 5.91 Å². The molecule has 0 fully saturated rings. The summed E-state index contributed by atoms with van der Waals surface area (Å²) in [5.74, 6) is -4.86. The summed E-state index contributed by atoms with van der Waals surface area (Å²) < 4.78 is 26.9. The molecule has 2 atom stereocenters. The van der Waals surface area contributed by atoms with Crippen LogP contribution < -0.4 is 10.6 Å². The molecule has 0 aliphatic rings. The largest absolute Gasteiger partial charge is 0.357 e. The van der Waals surface area contributed by atoms with E-state index in [4.69, 9.17) is 0 Å². The summed E-state index contributed by atoms with van der Waals surface area (Å²) in [5, 5.41) is 5.79. The molecule has 1 heterocycles. The third-order valence-electron chi connectivity index (χ3n) is 10.2. The molecule has 0 aliphatic carbocycles. The number of para-hydroxylation sites is 2. The monoisotopic (exact) mass is 815 g/mol. The second kappa shape index (κ2) is 20.1. The Balaban J connectivity index is 0.000000204. The molecule has 0 saturated heterocycles. The van der Waals surface area contributed by atoms with Gasteiger partial charge in [-0.15, -0.1) is 0 Å². The summed E-state index contributed by atoms with van der Waals surface area (Å²) in [6, 6.07) is 48.2. The number of aromatic amines is 1. The lowest BCUT2D eigenvalue weighted by molar-refractivity contribution is -0.133. The number of carbonyl (C=O) groups is 4. The number of Topliss-reactive ketones (excluding diaryl/α,β-unsaturated/α-hetero) is 2. The third-order valence-corrected chi connectivity index (χ3v) is 10.2. The van der Waals surface area contributed by atoms with Gasteiger partial charge in [-0.25, -0.2) is 8.78 Å². The lowest BCUT2D eigenvalue weighted by Gasteiger charge is -2.26. The average molecular weight is 816 g/mol. The summed E-state index contributed by atoms with van der Waals surface area (Å²) in [5.41, 5.74) is 6.91. The second-order valence-corrected chi connectivity index (χ2v) is 15.2. The molecular formula is C52H47F2N3O4. The Bertz CT molecular complexity index is 2560. The van der Waals surface area contributed by atoms with Crippen LogP contribution in [0.2, 0.25) is 0 Å². The first-order chi connectivity index (χ1) is 29.4. The van der Waals surface area contributed by atoms with Gasteiger partial charge in [0, 0.05) is 34.1 Å². The number of hydrogen-bond acceptors (Lipinski definition) is 4. The predicted octanol–water partition coefficient (Wildman–Crippen LogP) is 12.1. The van der Waals surface area contributed by atoms with E-state index in [0.717, 1.165) is 33.8 Å². The molecule has 9 heteroatoms. The SMILES string of the molecule is CC(C)C(=O)C(C(=O)Nc1ccccc1)C(C(=O)c1ccc(F)cc1)c1ccccc1.CC(C)c1[nH]c(-c2ccc(F)cc2)c(-c2ccccc2)c1C(=O)Nc1ccccc1. The van der Waals surface area contributed by atoms with E-state index in [0.29, 0.717) is 16.8 Å². The first-order valence-corrected chi connectivity index (χ1v) is 20.1. The lowest BCUT2D eigenvalue weighted by Crippen LogP contribution is -2.40. The first kappa shape index (κ1) is 43.3. The molecule has 6 aromatic carbocycles. The fourth-order valence-electron chi connectivity index (χ4n) is 7.12. The molecule has 2 amide bonds. The summed E-state index contributed by atoms with van der Waals surface area (Å²) >= 11 is 0. The standard InChI is InChI=1S/C26H23FN2O.C26H24FNO3/c1-17(2)24-23(26(30)28-21-11-7-4-8-12-21)22(18-9-5-3-6-10-18)25(29-24)19-13-15-20(27)16-14-19;1-17(2)24(29)23(26(31)28-21-11-7-4-8-12-21)22(18-9-5-3-6-10-18)25(30)19-13-15-20(27)16-14-19/h3-17,29H,1-2H3,(H,28,30);3-17,22-23H,1-2H3,(H,28,31). The number of amides is 2. The maximum Gasteiger partial charge on any atom is 0.258 e. The Morgan fingerprint density at radius 2 is 1.02 bits per heavy atom. The molecule has 2 unspecified atom stereocenters. The number of rotatable bonds is 13. The van der Waals surface area contributed by atoms with Gasteiger partial charge in [-0.2, -0.15) is 0 Å². The maximum absolute atomic E-state index is 13.5. The fraction of sp³-hybridized carbons (Fsp3) is 0.154. The molecule has 7 rings (SSSR count). The predicted molar refractivity (Wildman–Crippen MR) is 238 cm³/mol. The number of nitrogens with one attached hydrogen (secondary N) is 3. The van der Waals surface area contributed by atoms with Crippen LogP contribution in [0.25, 0.3) is 22.4 Å². The molecule has 0 saturated carbocycles. The molecule has 3 N–H and O–H groups in total. The van der Waals surface area contributed by atoms with Crippen molar-refractivity contribution < 1.29 is 28.0 Å². The van der Waals surface area contributed by atoms with Crippen LogP contribution in [-0.2, 0) is 9.59 Å². The van der Waals surface area contributed by atoms with Gasteiger partial charge >= 0.3 is 0 Å². The van der Waals surface area contributed by atoms with Crippen LogP contribution in [0.5, 0.6) is 0 Å². The van der Waals surface area contributed by atoms with Gasteiger partial charge in [-0.3, -0.25) is 19.2 Å². The van der Waals surface area contributed by atoms with Gasteiger partial charge in [0.05, 0.1) is 17.2 Å². The zero-order valence-corrected chi connectivity index (χ0v) is 34.4. The van der Waals surface area contributed by atoms with E-state index in [1.54, 1.807) is 80.6 Å². The van der Waals surface area contributed by atoms with Gasteiger partial charge in [-0.05, 0) is 95.4 Å². The maximum atomic E-state index is 13.5. The Kier molecular flexibility index (Phi) is 14.3. The minimum atomic E-state index is -1.24. The number of anilines is 2. The van der Waals surface area contributed by atoms with Crippen molar-refractivity contribution in [3.05, 3.63) is 204 Å². The highest BCUT2D eigenvalue weighted by molar-refractivity contribution is 6.15. The molecule has 308 valence electrons. The zero-order chi connectivity index (χ0) is 43.5. The van der Waals surface area contributed by atoms with Gasteiger partial charge in [0.1, 0.15) is 23.3 Å². The van der Waals surface area contributed by atoms with E-state index in [1.807, 2.05) is 80.6 Å². The number of hydrogen-bond donors (Lipinski definition) is 3. The molecule has 0 aliphatic heterocycles. The van der Waals surface area contributed by atoms with Crippen molar-refractivity contribution in [2.24, 2.45) is 11.8 Å². The van der Waals surface area contributed by atoms with Crippen LogP contribution in [0.3, 0.4) is 0 Å². The number of benzene rings is 6. The second-order valence-electron chi connectivity index (χ2n) is 15.2. The Hall–Kier alpha value is -7.26. The zero-order valence-electron chi connectivity index (χ0n) is 34.4. The molecule has 0 spiro atoms. The van der Waals surface area contributed by atoms with Crippen LogP contribution in [0.15, 0.2) is 170 Å². The number of halogens is 2. The summed E-state index contributed by atoms with van der Waals surface area (Å²) in [6.07, 6.45) is 0. The van der Waals surface area contributed by atoms with E-state index in [-0.39, 0.29) is 29.0 Å². The highest BCUT2D eigenvalue weighted by Crippen LogP contribution is 2.40. The Morgan fingerprint density at radius 3 is 1.52 bits per heavy atom. The van der Waals surface area contributed by atoms with E-state index >= 15 is 0 Å². The highest BCUT2D eigenvalue weighted by Gasteiger charge is 2.41. The van der Waals surface area contributed by atoms with Gasteiger partial charge in [0.2, 0.25) is 5.91 Å². The van der Waals surface area contributed by atoms with Crippen molar-refractivity contribution in [3.8, 4) is 22.4 Å². The van der Waals surface area contributed by atoms with Crippen molar-refractivity contribution in [1.82, 2.24) is 4.98 Å². The van der Waals surface area contributed by atoms with Gasteiger partial charge < -0.3 is 15.6 Å². The van der Waals surface area contributed by atoms with Gasteiger partial charge in [0.15, 0.2) is 5.78 Å². The minimum absolute atomic E-state index is 0.0955. The third kappa shape index (κ3) is 10.7. The topological polar surface area (TPSA) is 108 Å². The number of ketones is 2. The van der Waals surface area contributed by atoms with Crippen LogP contribution in [-0.4, -0.2) is 28.4 Å². The van der Waals surface area contributed by atoms with Crippen molar-refractivity contribution in [2.75, 3.05) is 10.6 Å². The smallest absolute Gasteiger partial charge is 0.258 e. The quantitative estimate of drug-likeness (QED) is 0.0795. The van der Waals surface area contributed by atoms with Gasteiger partial charge in [-0.1, -0.05) is 125 Å². The van der Waals surface area contributed by atoms with Crippen LogP contribution >= 0.6 is 0 Å². The van der Waals surface area contributed by atoms with Crippen molar-refractivity contribution in [1.29, 1.82) is 0 Å². The van der Waals surface area contributed by atoms with Crippen LogP contribution in [0, 0.1) is 23.5 Å². The normalized spacial score (nSPS) is 11.9. The number of H-pyrrole nitrogens is 1. The minimum Gasteiger partial charge on any atom is -0.357 e. The van der Waals surface area contributed by atoms with E-state index in [2.05, 4.69) is 15.6 Å². The molecule has 61 heavy (non-hydrogen) atoms. The number of aromatic nitrogens is 1. The molecule has 7 nitrogen and oxygen atoms in total. The van der Waals surface area contributed by atoms with Crippen molar-refractivity contribution >= 4 is 34.8 Å². The molecule has 0 bridgehead atoms. The summed E-state index contributed by atoms with van der Waals surface area (Å²) in [7, 11) is 0. The van der Waals surface area contributed by atoms with Crippen LogP contribution in [0.4, 0.5) is 20.2 Å². The highest BCUT2D eigenvalue weighted by atomic mass is 19.1. The average Bonchev–Trinajstić information content (AvgIpc) is 3.69. The van der Waals surface area contributed by atoms with Crippen molar-refractivity contribution in [2.45, 2.75) is 39.5 Å². The summed E-state index contributed by atoms with van der Waals surface area (Å²) in [4.78, 5) is 57.0.